The van der Waals surface area contributed by atoms with Crippen molar-refractivity contribution in [1.29, 1.82) is 0 Å². The van der Waals surface area contributed by atoms with Gasteiger partial charge in [0, 0.05) is 30.7 Å². The van der Waals surface area contributed by atoms with Crippen LogP contribution in [0.5, 0.6) is 0 Å². The lowest BCUT2D eigenvalue weighted by atomic mass is 9.82. The molecule has 1 fully saturated rings. The number of nitrogens with zero attached hydrogens (tertiary/aromatic N) is 3. The maximum atomic E-state index is 13.1. The average Bonchev–Trinajstić information content (AvgIpc) is 3.27. The second-order valence-electron chi connectivity index (χ2n) is 7.97. The molecular weight excluding hydrogens is 467 g/mol. The number of ether oxygens (including phenoxy) is 1. The van der Waals surface area contributed by atoms with Crippen molar-refractivity contribution in [3.05, 3.63) is 51.5 Å². The van der Waals surface area contributed by atoms with Gasteiger partial charge in [-0.25, -0.2) is 9.97 Å². The van der Waals surface area contributed by atoms with E-state index in [0.29, 0.717) is 48.5 Å². The highest BCUT2D eigenvalue weighted by atomic mass is 35.5. The summed E-state index contributed by atoms with van der Waals surface area (Å²) in [6.45, 7) is 5.45. The molecule has 9 heteroatoms. The van der Waals surface area contributed by atoms with Crippen LogP contribution in [0, 0.1) is 0 Å². The molecule has 0 spiro atoms. The van der Waals surface area contributed by atoms with E-state index in [4.69, 9.17) is 32.9 Å². The van der Waals surface area contributed by atoms with Gasteiger partial charge in [0.05, 0.1) is 16.7 Å². The SMILES string of the molecule is CCOC(=O)C1(NCc2ccc(Cl)c(Cl)c2)CCN(c2ncc3ccsc3n2)C(CC)C1. The smallest absolute Gasteiger partial charge is 0.326 e. The summed E-state index contributed by atoms with van der Waals surface area (Å²) >= 11 is 13.8. The Balaban J connectivity index is 1.57. The summed E-state index contributed by atoms with van der Waals surface area (Å²) in [5.41, 5.74) is 0.178. The van der Waals surface area contributed by atoms with E-state index in [2.05, 4.69) is 22.1 Å². The number of hydrogen-bond donors (Lipinski definition) is 1. The van der Waals surface area contributed by atoms with E-state index in [-0.39, 0.29) is 12.0 Å². The van der Waals surface area contributed by atoms with E-state index in [0.717, 1.165) is 22.2 Å². The number of thiophene rings is 1. The third kappa shape index (κ3) is 4.71. The Hall–Kier alpha value is -1.93. The van der Waals surface area contributed by atoms with Gasteiger partial charge in [0.1, 0.15) is 10.4 Å². The molecule has 4 rings (SSSR count). The normalized spacial score (nSPS) is 21.1. The average molecular weight is 493 g/mol. The van der Waals surface area contributed by atoms with Crippen LogP contribution in [0.25, 0.3) is 10.2 Å². The Kier molecular flexibility index (Phi) is 7.20. The van der Waals surface area contributed by atoms with E-state index in [1.807, 2.05) is 36.7 Å². The largest absolute Gasteiger partial charge is 0.465 e. The summed E-state index contributed by atoms with van der Waals surface area (Å²) in [7, 11) is 0. The first-order chi connectivity index (χ1) is 15.5. The molecule has 2 aromatic heterocycles. The highest BCUT2D eigenvalue weighted by Gasteiger charge is 2.46. The second kappa shape index (κ2) is 9.91. The zero-order valence-corrected chi connectivity index (χ0v) is 20.4. The summed E-state index contributed by atoms with van der Waals surface area (Å²) in [6, 6.07) is 7.64. The van der Waals surface area contributed by atoms with Gasteiger partial charge in [0.25, 0.3) is 0 Å². The molecule has 6 nitrogen and oxygen atoms in total. The zero-order chi connectivity index (χ0) is 22.7. The number of carbonyl (C=O) groups is 1. The lowest BCUT2D eigenvalue weighted by Crippen LogP contribution is -2.62. The number of halogens is 2. The van der Waals surface area contributed by atoms with Gasteiger partial charge in [0.15, 0.2) is 0 Å². The predicted molar refractivity (Wildman–Crippen MR) is 131 cm³/mol. The van der Waals surface area contributed by atoms with Crippen molar-refractivity contribution in [2.45, 2.75) is 51.2 Å². The van der Waals surface area contributed by atoms with Gasteiger partial charge < -0.3 is 9.64 Å². The van der Waals surface area contributed by atoms with Crippen molar-refractivity contribution in [1.82, 2.24) is 15.3 Å². The molecular formula is C23H26Cl2N4O2S. The molecule has 0 saturated carbocycles. The van der Waals surface area contributed by atoms with Gasteiger partial charge in [-0.1, -0.05) is 36.2 Å². The van der Waals surface area contributed by atoms with Gasteiger partial charge in [-0.05, 0) is 55.3 Å². The number of anilines is 1. The first-order valence-corrected chi connectivity index (χ1v) is 12.4. The third-order valence-electron chi connectivity index (χ3n) is 6.01. The Morgan fingerprint density at radius 2 is 2.16 bits per heavy atom. The molecule has 0 radical (unpaired) electrons. The molecule has 2 atom stereocenters. The molecule has 1 aromatic carbocycles. The highest BCUT2D eigenvalue weighted by Crippen LogP contribution is 2.33. The van der Waals surface area contributed by atoms with Crippen LogP contribution in [0.1, 0.15) is 38.7 Å². The Bertz CT molecular complexity index is 1110. The number of rotatable bonds is 7. The molecule has 0 bridgehead atoms. The number of fused-ring (bicyclic) bond motifs is 1. The predicted octanol–water partition coefficient (Wildman–Crippen LogP) is 5.47. The van der Waals surface area contributed by atoms with Crippen LogP contribution in [0.4, 0.5) is 5.95 Å². The number of esters is 1. The molecule has 2 unspecified atom stereocenters. The first-order valence-electron chi connectivity index (χ1n) is 10.8. The minimum Gasteiger partial charge on any atom is -0.465 e. The molecule has 3 heterocycles. The van der Waals surface area contributed by atoms with Gasteiger partial charge in [-0.2, -0.15) is 0 Å². The lowest BCUT2D eigenvalue weighted by molar-refractivity contribution is -0.153. The number of benzene rings is 1. The molecule has 1 saturated heterocycles. The van der Waals surface area contributed by atoms with E-state index in [9.17, 15) is 4.79 Å². The van der Waals surface area contributed by atoms with Crippen LogP contribution >= 0.6 is 34.5 Å². The van der Waals surface area contributed by atoms with E-state index < -0.39 is 5.54 Å². The van der Waals surface area contributed by atoms with Crippen molar-refractivity contribution in [2.75, 3.05) is 18.1 Å². The van der Waals surface area contributed by atoms with Crippen LogP contribution < -0.4 is 10.2 Å². The van der Waals surface area contributed by atoms with Crippen molar-refractivity contribution in [3.8, 4) is 0 Å². The van der Waals surface area contributed by atoms with Crippen molar-refractivity contribution in [3.63, 3.8) is 0 Å². The maximum absolute atomic E-state index is 13.1. The number of nitrogens with one attached hydrogen (secondary N) is 1. The van der Waals surface area contributed by atoms with Gasteiger partial charge in [0.2, 0.25) is 5.95 Å². The first kappa shape index (κ1) is 23.2. The van der Waals surface area contributed by atoms with Crippen LogP contribution in [-0.2, 0) is 16.1 Å². The minimum atomic E-state index is -0.785. The summed E-state index contributed by atoms with van der Waals surface area (Å²) in [6.07, 6.45) is 3.93. The fraction of sp³-hybridized carbons (Fsp3) is 0.435. The number of aromatic nitrogens is 2. The van der Waals surface area contributed by atoms with Gasteiger partial charge >= 0.3 is 5.97 Å². The fourth-order valence-electron chi connectivity index (χ4n) is 4.23. The molecule has 32 heavy (non-hydrogen) atoms. The molecule has 3 aromatic rings. The summed E-state index contributed by atoms with van der Waals surface area (Å²) in [5, 5.41) is 7.59. The Morgan fingerprint density at radius 3 is 2.91 bits per heavy atom. The quantitative estimate of drug-likeness (QED) is 0.441. The minimum absolute atomic E-state index is 0.104. The highest BCUT2D eigenvalue weighted by molar-refractivity contribution is 7.16. The van der Waals surface area contributed by atoms with E-state index in [1.54, 1.807) is 17.4 Å². The zero-order valence-electron chi connectivity index (χ0n) is 18.1. The van der Waals surface area contributed by atoms with Crippen LogP contribution in [-0.4, -0.2) is 40.7 Å². The monoisotopic (exact) mass is 492 g/mol. The molecule has 1 N–H and O–H groups in total. The molecule has 170 valence electrons. The van der Waals surface area contributed by atoms with Crippen LogP contribution in [0.2, 0.25) is 10.0 Å². The van der Waals surface area contributed by atoms with E-state index in [1.165, 1.54) is 0 Å². The fourth-order valence-corrected chi connectivity index (χ4v) is 5.29. The molecule has 0 aliphatic carbocycles. The molecule has 1 aliphatic heterocycles. The summed E-state index contributed by atoms with van der Waals surface area (Å²) in [5.74, 6) is 0.501. The second-order valence-corrected chi connectivity index (χ2v) is 9.67. The number of hydrogen-bond acceptors (Lipinski definition) is 7. The van der Waals surface area contributed by atoms with Gasteiger partial charge in [-0.15, -0.1) is 11.3 Å². The maximum Gasteiger partial charge on any atom is 0.326 e. The van der Waals surface area contributed by atoms with Crippen molar-refractivity contribution < 1.29 is 9.53 Å². The summed E-state index contributed by atoms with van der Waals surface area (Å²) in [4.78, 5) is 25.7. The van der Waals surface area contributed by atoms with Gasteiger partial charge in [-0.3, -0.25) is 10.1 Å². The van der Waals surface area contributed by atoms with Crippen molar-refractivity contribution >= 4 is 56.7 Å². The van der Waals surface area contributed by atoms with E-state index >= 15 is 0 Å². The van der Waals surface area contributed by atoms with Crippen LogP contribution in [0.15, 0.2) is 35.8 Å². The topological polar surface area (TPSA) is 67.3 Å². The Labute approximate surface area is 201 Å². The Morgan fingerprint density at radius 1 is 1.31 bits per heavy atom. The molecule has 0 amide bonds. The number of piperidine rings is 1. The molecule has 1 aliphatic rings. The van der Waals surface area contributed by atoms with Crippen molar-refractivity contribution in [2.24, 2.45) is 0 Å². The third-order valence-corrected chi connectivity index (χ3v) is 7.57. The standard InChI is InChI=1S/C23H26Cl2N4O2S/c1-3-17-12-23(21(30)31-4-2,27-13-15-5-6-18(24)19(25)11-15)8-9-29(17)22-26-14-16-7-10-32-20(16)28-22/h5-7,10-11,14,17,27H,3-4,8-9,12-13H2,1-2H3. The lowest BCUT2D eigenvalue weighted by Gasteiger charge is -2.45. The van der Waals surface area contributed by atoms with Crippen LogP contribution in [0.3, 0.4) is 0 Å². The number of carbonyl (C=O) groups excluding carboxylic acids is 1. The summed E-state index contributed by atoms with van der Waals surface area (Å²) < 4.78 is 5.50.